The third kappa shape index (κ3) is 5.91. The van der Waals surface area contributed by atoms with E-state index in [0.717, 1.165) is 28.3 Å². The maximum Gasteiger partial charge on any atom is 0.143 e. The smallest absolute Gasteiger partial charge is 0.143 e. The Labute approximate surface area is 139 Å². The van der Waals surface area contributed by atoms with E-state index >= 15 is 0 Å². The van der Waals surface area contributed by atoms with Crippen LogP contribution in [-0.2, 0) is 0 Å². The highest BCUT2D eigenvalue weighted by Gasteiger charge is 2.10. The molecule has 4 heteroatoms. The number of anilines is 1. The fourth-order valence-corrected chi connectivity index (χ4v) is 2.01. The van der Waals surface area contributed by atoms with Gasteiger partial charge in [-0.2, -0.15) is 0 Å². The van der Waals surface area contributed by atoms with Crippen LogP contribution in [0.25, 0.3) is 0 Å². The molecule has 1 rings (SSSR count). The van der Waals surface area contributed by atoms with Gasteiger partial charge in [0.25, 0.3) is 0 Å². The summed E-state index contributed by atoms with van der Waals surface area (Å²) >= 11 is 0. The number of hydrogen-bond donors (Lipinski definition) is 2. The van der Waals surface area contributed by atoms with Crippen LogP contribution in [-0.4, -0.2) is 23.5 Å². The van der Waals surface area contributed by atoms with Gasteiger partial charge in [-0.1, -0.05) is 12.6 Å². The summed E-state index contributed by atoms with van der Waals surface area (Å²) in [5, 5.41) is 12.5. The quantitative estimate of drug-likeness (QED) is 0.577. The number of nitrogens with one attached hydrogen (secondary N) is 1. The van der Waals surface area contributed by atoms with Crippen LogP contribution in [0.15, 0.2) is 46.7 Å². The number of allylic oxidation sites excluding steroid dienone is 1. The van der Waals surface area contributed by atoms with E-state index in [1.807, 2.05) is 52.8 Å². The first kappa shape index (κ1) is 19.0. The van der Waals surface area contributed by atoms with Crippen LogP contribution in [0, 0.1) is 6.92 Å². The zero-order chi connectivity index (χ0) is 17.6. The Balaban J connectivity index is 3.11. The number of benzene rings is 1. The highest BCUT2D eigenvalue weighted by molar-refractivity contribution is 5.84. The molecule has 0 amide bonds. The van der Waals surface area contributed by atoms with Gasteiger partial charge in [0.15, 0.2) is 0 Å². The Morgan fingerprint density at radius 2 is 1.96 bits per heavy atom. The van der Waals surface area contributed by atoms with Gasteiger partial charge in [0, 0.05) is 5.71 Å². The van der Waals surface area contributed by atoms with E-state index in [1.165, 1.54) is 0 Å². The minimum atomic E-state index is -0.0731. The third-order valence-corrected chi connectivity index (χ3v) is 3.08. The summed E-state index contributed by atoms with van der Waals surface area (Å²) in [6.07, 6.45) is 0.0863. The number of rotatable bonds is 7. The number of hydrogen-bond acceptors (Lipinski definition) is 4. The molecule has 0 spiro atoms. The van der Waals surface area contributed by atoms with Crippen molar-refractivity contribution in [2.75, 3.05) is 11.9 Å². The summed E-state index contributed by atoms with van der Waals surface area (Å²) in [5.74, 6) is 0.789. The number of nitrogens with zero attached hydrogens (tertiary/aromatic N) is 1. The van der Waals surface area contributed by atoms with Gasteiger partial charge in [-0.25, -0.2) is 0 Å². The predicted molar refractivity (Wildman–Crippen MR) is 98.3 cm³/mol. The molecule has 0 heterocycles. The molecule has 0 fully saturated rings. The van der Waals surface area contributed by atoms with E-state index < -0.39 is 0 Å². The van der Waals surface area contributed by atoms with E-state index in [4.69, 9.17) is 4.74 Å². The molecule has 1 aromatic rings. The monoisotopic (exact) mass is 316 g/mol. The first-order valence-electron chi connectivity index (χ1n) is 7.80. The molecule has 0 bridgehead atoms. The van der Waals surface area contributed by atoms with Crippen molar-refractivity contribution in [3.8, 4) is 5.75 Å². The Kier molecular flexibility index (Phi) is 7.04. The summed E-state index contributed by atoms with van der Waals surface area (Å²) in [5.41, 5.74) is 5.07. The van der Waals surface area contributed by atoms with Crippen LogP contribution < -0.4 is 10.1 Å². The minimum absolute atomic E-state index is 0.0731. The molecule has 0 aromatic heterocycles. The largest absolute Gasteiger partial charge is 0.489 e. The van der Waals surface area contributed by atoms with Crippen molar-refractivity contribution in [2.24, 2.45) is 4.99 Å². The lowest BCUT2D eigenvalue weighted by Gasteiger charge is -2.18. The molecular weight excluding hydrogens is 288 g/mol. The van der Waals surface area contributed by atoms with E-state index in [1.54, 1.807) is 6.92 Å². The number of aliphatic imine (C=N–C) groups is 1. The number of aliphatic hydroxyl groups is 1. The zero-order valence-corrected chi connectivity index (χ0v) is 15.0. The first-order valence-corrected chi connectivity index (χ1v) is 7.80. The number of ether oxygens (including phenoxy) is 1. The molecular formula is C19H28N2O2. The average Bonchev–Trinajstić information content (AvgIpc) is 2.46. The number of aliphatic hydroxyl groups excluding tert-OH is 1. The molecule has 23 heavy (non-hydrogen) atoms. The van der Waals surface area contributed by atoms with Gasteiger partial charge in [0.1, 0.15) is 5.75 Å². The van der Waals surface area contributed by atoms with Crippen LogP contribution in [0.5, 0.6) is 5.75 Å². The van der Waals surface area contributed by atoms with E-state index in [2.05, 4.69) is 16.9 Å². The molecule has 0 saturated carbocycles. The van der Waals surface area contributed by atoms with Gasteiger partial charge in [-0.15, -0.1) is 0 Å². The molecule has 0 aliphatic carbocycles. The van der Waals surface area contributed by atoms with Gasteiger partial charge in [-0.05, 0) is 64.8 Å². The molecule has 0 saturated heterocycles. The van der Waals surface area contributed by atoms with Gasteiger partial charge in [0.05, 0.1) is 29.8 Å². The van der Waals surface area contributed by atoms with Crippen molar-refractivity contribution in [1.82, 2.24) is 0 Å². The molecule has 4 nitrogen and oxygen atoms in total. The fourth-order valence-electron chi connectivity index (χ4n) is 2.01. The highest BCUT2D eigenvalue weighted by atomic mass is 16.5. The summed E-state index contributed by atoms with van der Waals surface area (Å²) in [6, 6.07) is 6.00. The highest BCUT2D eigenvalue weighted by Crippen LogP contribution is 2.29. The molecule has 1 aromatic carbocycles. The van der Waals surface area contributed by atoms with Crippen LogP contribution in [0.1, 0.15) is 40.2 Å². The number of aryl methyl sites for hydroxylation is 1. The molecule has 126 valence electrons. The maximum absolute atomic E-state index is 9.19. The topological polar surface area (TPSA) is 53.8 Å². The molecule has 0 radical (unpaired) electrons. The second kappa shape index (κ2) is 8.53. The van der Waals surface area contributed by atoms with Crippen molar-refractivity contribution in [1.29, 1.82) is 0 Å². The SMILES string of the molecule is C=C(Nc1ccc(C)cc1OC(C)C)C(/N=C(\C)CO)=C(C)C. The fraction of sp³-hybridized carbons (Fsp3) is 0.421. The second-order valence-corrected chi connectivity index (χ2v) is 6.12. The summed E-state index contributed by atoms with van der Waals surface area (Å²) in [4.78, 5) is 4.44. The maximum atomic E-state index is 9.19. The van der Waals surface area contributed by atoms with Crippen molar-refractivity contribution >= 4 is 11.4 Å². The van der Waals surface area contributed by atoms with Crippen LogP contribution in [0.4, 0.5) is 5.69 Å². The molecule has 0 aliphatic heterocycles. The first-order chi connectivity index (χ1) is 10.7. The summed E-state index contributed by atoms with van der Waals surface area (Å²) < 4.78 is 5.87. The molecule has 2 N–H and O–H groups in total. The van der Waals surface area contributed by atoms with E-state index in [9.17, 15) is 5.11 Å². The normalized spacial score (nSPS) is 11.4. The third-order valence-electron chi connectivity index (χ3n) is 3.08. The van der Waals surface area contributed by atoms with Crippen molar-refractivity contribution in [3.05, 3.63) is 47.3 Å². The average molecular weight is 316 g/mol. The van der Waals surface area contributed by atoms with Gasteiger partial charge < -0.3 is 15.2 Å². The molecule has 0 atom stereocenters. The van der Waals surface area contributed by atoms with Gasteiger partial charge >= 0.3 is 0 Å². The summed E-state index contributed by atoms with van der Waals surface area (Å²) in [7, 11) is 0. The second-order valence-electron chi connectivity index (χ2n) is 6.12. The van der Waals surface area contributed by atoms with E-state index in [-0.39, 0.29) is 12.7 Å². The lowest BCUT2D eigenvalue weighted by Crippen LogP contribution is -2.10. The molecule has 0 unspecified atom stereocenters. The Morgan fingerprint density at radius 3 is 2.48 bits per heavy atom. The van der Waals surface area contributed by atoms with Crippen LogP contribution in [0.3, 0.4) is 0 Å². The van der Waals surface area contributed by atoms with Gasteiger partial charge in [0.2, 0.25) is 0 Å². The van der Waals surface area contributed by atoms with Crippen molar-refractivity contribution in [3.63, 3.8) is 0 Å². The Hall–Kier alpha value is -2.07. The zero-order valence-electron chi connectivity index (χ0n) is 15.0. The van der Waals surface area contributed by atoms with Crippen molar-refractivity contribution in [2.45, 2.75) is 47.6 Å². The van der Waals surface area contributed by atoms with Gasteiger partial charge in [-0.3, -0.25) is 4.99 Å². The minimum Gasteiger partial charge on any atom is -0.489 e. The van der Waals surface area contributed by atoms with Crippen LogP contribution >= 0.6 is 0 Å². The lowest BCUT2D eigenvalue weighted by molar-refractivity contribution is 0.243. The van der Waals surface area contributed by atoms with Crippen LogP contribution in [0.2, 0.25) is 0 Å². The Morgan fingerprint density at radius 1 is 1.30 bits per heavy atom. The summed E-state index contributed by atoms with van der Waals surface area (Å²) in [6.45, 7) is 15.8. The lowest BCUT2D eigenvalue weighted by atomic mass is 10.1. The standard InChI is InChI=1S/C19H28N2O2/c1-12(2)19(20-15(6)11-22)16(7)21-17-9-8-14(5)10-18(17)23-13(3)4/h8-10,13,21-22H,7,11H2,1-6H3/b20-15+. The molecule has 0 aliphatic rings. The van der Waals surface area contributed by atoms with Crippen molar-refractivity contribution < 1.29 is 9.84 Å². The van der Waals surface area contributed by atoms with E-state index in [0.29, 0.717) is 11.4 Å². The predicted octanol–water partition coefficient (Wildman–Crippen LogP) is 4.45. The Bertz CT molecular complexity index is 624.